The minimum absolute atomic E-state index is 0.00100. The molecule has 12 heteroatoms. The zero-order valence-corrected chi connectivity index (χ0v) is 25.5. The van der Waals surface area contributed by atoms with Gasteiger partial charge in [0.15, 0.2) is 11.5 Å². The number of hydrogen-bond acceptors (Lipinski definition) is 9. The second-order valence-electron chi connectivity index (χ2n) is 10.9. The predicted octanol–water partition coefficient (Wildman–Crippen LogP) is 5.69. The first kappa shape index (κ1) is 34.6. The summed E-state index contributed by atoms with van der Waals surface area (Å²) in [5.41, 5.74) is 6.72. The molecule has 0 saturated carbocycles. The van der Waals surface area contributed by atoms with E-state index in [2.05, 4.69) is 28.8 Å². The van der Waals surface area contributed by atoms with Crippen LogP contribution in [0.4, 0.5) is 5.82 Å². The molecule has 2 aromatic rings. The highest BCUT2D eigenvalue weighted by Crippen LogP contribution is 2.41. The minimum Gasteiger partial charge on any atom is -0.394 e. The maximum Gasteiger partial charge on any atom is 0.353 e. The summed E-state index contributed by atoms with van der Waals surface area (Å²) in [5, 5.41) is 9.64. The maximum absolute atomic E-state index is 12.3. The molecule has 40 heavy (non-hydrogen) atoms. The van der Waals surface area contributed by atoms with Crippen LogP contribution in [0.15, 0.2) is 12.7 Å². The van der Waals surface area contributed by atoms with Crippen molar-refractivity contribution in [3.05, 3.63) is 12.7 Å². The van der Waals surface area contributed by atoms with Crippen molar-refractivity contribution in [3.63, 3.8) is 0 Å². The van der Waals surface area contributed by atoms with E-state index in [1.165, 1.54) is 83.3 Å². The lowest BCUT2D eigenvalue weighted by atomic mass is 10.0. The number of unbranched alkanes of at least 4 members (excludes halogenated alkanes) is 11. The maximum atomic E-state index is 12.3. The number of nitrogens with zero attached hydrogens (tertiary/aromatic N) is 4. The molecule has 0 aromatic carbocycles. The molecule has 0 spiro atoms. The number of aliphatic hydroxyl groups excluding tert-OH is 1. The average molecular weight is 586 g/mol. The van der Waals surface area contributed by atoms with Gasteiger partial charge in [-0.1, -0.05) is 90.9 Å². The molecule has 4 N–H and O–H groups in total. The fourth-order valence-corrected chi connectivity index (χ4v) is 5.35. The van der Waals surface area contributed by atoms with Gasteiger partial charge in [-0.05, 0) is 12.3 Å². The van der Waals surface area contributed by atoms with Crippen molar-refractivity contribution in [2.75, 3.05) is 38.5 Å². The summed E-state index contributed by atoms with van der Waals surface area (Å²) in [6, 6.07) is 0. The molecule has 2 heterocycles. The van der Waals surface area contributed by atoms with Gasteiger partial charge < -0.3 is 34.3 Å². The van der Waals surface area contributed by atoms with Gasteiger partial charge in [0.25, 0.3) is 0 Å². The Morgan fingerprint density at radius 1 is 0.900 bits per heavy atom. The number of aliphatic hydroxyl groups is 1. The van der Waals surface area contributed by atoms with Crippen LogP contribution in [0.1, 0.15) is 97.3 Å². The predicted molar refractivity (Wildman–Crippen MR) is 158 cm³/mol. The Morgan fingerprint density at radius 3 is 2.15 bits per heavy atom. The first-order chi connectivity index (χ1) is 19.3. The SMILES string of the molecule is CC(C)CCCCCCCCCCCCCCOCCOP(=O)(O)CO[C@H](CO)Cn1cnc2c(N)ncnc21. The molecule has 0 fully saturated rings. The molecule has 0 amide bonds. The van der Waals surface area contributed by atoms with Crippen LogP contribution >= 0.6 is 7.60 Å². The normalized spacial score (nSPS) is 14.2. The van der Waals surface area contributed by atoms with E-state index in [0.717, 1.165) is 18.8 Å². The number of ether oxygens (including phenoxy) is 2. The molecule has 11 nitrogen and oxygen atoms in total. The van der Waals surface area contributed by atoms with Crippen LogP contribution in [0, 0.1) is 5.92 Å². The molecule has 2 aromatic heterocycles. The van der Waals surface area contributed by atoms with Crippen LogP contribution in [0.25, 0.3) is 11.2 Å². The zero-order valence-electron chi connectivity index (χ0n) is 24.6. The summed E-state index contributed by atoms with van der Waals surface area (Å²) < 4.78 is 30.0. The third-order valence-electron chi connectivity index (χ3n) is 6.85. The number of aromatic nitrogens is 4. The summed E-state index contributed by atoms with van der Waals surface area (Å²) in [6.45, 7) is 5.28. The van der Waals surface area contributed by atoms with Gasteiger partial charge in [0, 0.05) is 6.61 Å². The van der Waals surface area contributed by atoms with Gasteiger partial charge in [-0.15, -0.1) is 0 Å². The molecule has 2 rings (SSSR count). The number of anilines is 1. The van der Waals surface area contributed by atoms with Crippen molar-refractivity contribution >= 4 is 24.6 Å². The lowest BCUT2D eigenvalue weighted by Gasteiger charge is -2.19. The fraction of sp³-hybridized carbons (Fsp3) is 0.821. The van der Waals surface area contributed by atoms with E-state index in [1.54, 1.807) is 4.57 Å². The third-order valence-corrected chi connectivity index (χ3v) is 7.91. The lowest BCUT2D eigenvalue weighted by Crippen LogP contribution is -2.25. The molecule has 0 aliphatic carbocycles. The quantitative estimate of drug-likeness (QED) is 0.0977. The molecule has 1 unspecified atom stereocenters. The van der Waals surface area contributed by atoms with E-state index >= 15 is 0 Å². The number of nitrogens with two attached hydrogens (primary N) is 1. The largest absolute Gasteiger partial charge is 0.394 e. The molecule has 0 saturated heterocycles. The number of rotatable bonds is 25. The van der Waals surface area contributed by atoms with Gasteiger partial charge in [0.1, 0.15) is 18.2 Å². The third kappa shape index (κ3) is 14.8. The molecule has 230 valence electrons. The molecule has 0 aliphatic rings. The zero-order chi connectivity index (χ0) is 29.1. The molecule has 0 bridgehead atoms. The standard InChI is InChI=1S/C28H52N5O6P/c1-24(2)15-13-11-9-7-5-3-4-6-8-10-12-14-16-37-17-18-39-40(35,36)23-38-25(20-34)19-33-22-32-26-27(29)30-21-31-28(26)33/h21-22,24-25,34H,3-20,23H2,1-2H3,(H,35,36)(H2,29,30,31)/t25-/m0/s1. The van der Waals surface area contributed by atoms with Crippen molar-refractivity contribution in [2.45, 2.75) is 110 Å². The van der Waals surface area contributed by atoms with Gasteiger partial charge in [-0.3, -0.25) is 4.57 Å². The molecule has 0 radical (unpaired) electrons. The van der Waals surface area contributed by atoms with E-state index in [9.17, 15) is 14.6 Å². The van der Waals surface area contributed by atoms with Crippen molar-refractivity contribution < 1.29 is 28.6 Å². The second-order valence-corrected chi connectivity index (χ2v) is 12.7. The molecular formula is C28H52N5O6P. The van der Waals surface area contributed by atoms with Crippen molar-refractivity contribution in [1.82, 2.24) is 19.5 Å². The van der Waals surface area contributed by atoms with Crippen molar-refractivity contribution in [1.29, 1.82) is 0 Å². The highest BCUT2D eigenvalue weighted by molar-refractivity contribution is 7.52. The van der Waals surface area contributed by atoms with Crippen LogP contribution in [0.3, 0.4) is 0 Å². The van der Waals surface area contributed by atoms with E-state index in [4.69, 9.17) is 19.7 Å². The van der Waals surface area contributed by atoms with Gasteiger partial charge in [-0.25, -0.2) is 15.0 Å². The summed E-state index contributed by atoms with van der Waals surface area (Å²) in [6.07, 6.45) is 18.5. The van der Waals surface area contributed by atoms with Gasteiger partial charge >= 0.3 is 7.60 Å². The Hall–Kier alpha value is -1.62. The smallest absolute Gasteiger partial charge is 0.353 e. The Kier molecular flexibility index (Phi) is 17.5. The van der Waals surface area contributed by atoms with E-state index in [0.29, 0.717) is 17.8 Å². The Labute approximate surface area is 239 Å². The van der Waals surface area contributed by atoms with Gasteiger partial charge in [0.05, 0.1) is 38.8 Å². The first-order valence-corrected chi connectivity index (χ1v) is 16.8. The van der Waals surface area contributed by atoms with Crippen LogP contribution in [-0.4, -0.2) is 68.4 Å². The van der Waals surface area contributed by atoms with Gasteiger partial charge in [-0.2, -0.15) is 0 Å². The molecule has 0 aliphatic heterocycles. The Morgan fingerprint density at radius 2 is 1.52 bits per heavy atom. The van der Waals surface area contributed by atoms with E-state index in [1.807, 2.05) is 0 Å². The summed E-state index contributed by atoms with van der Waals surface area (Å²) in [5.74, 6) is 1.09. The highest BCUT2D eigenvalue weighted by atomic mass is 31.2. The van der Waals surface area contributed by atoms with Gasteiger partial charge in [0.2, 0.25) is 0 Å². The Balaban J connectivity index is 1.42. The fourth-order valence-electron chi connectivity index (χ4n) is 4.52. The lowest BCUT2D eigenvalue weighted by molar-refractivity contribution is 0.0160. The average Bonchev–Trinajstić information content (AvgIpc) is 3.34. The second kappa shape index (κ2) is 20.3. The van der Waals surface area contributed by atoms with Crippen LogP contribution in [0.5, 0.6) is 0 Å². The minimum atomic E-state index is -3.98. The highest BCUT2D eigenvalue weighted by Gasteiger charge is 2.23. The number of hydrogen-bond donors (Lipinski definition) is 3. The van der Waals surface area contributed by atoms with Crippen molar-refractivity contribution in [2.24, 2.45) is 5.92 Å². The molecular weight excluding hydrogens is 533 g/mol. The van der Waals surface area contributed by atoms with E-state index < -0.39 is 20.0 Å². The topological polar surface area (TPSA) is 155 Å². The summed E-state index contributed by atoms with van der Waals surface area (Å²) in [7, 11) is -3.98. The van der Waals surface area contributed by atoms with Crippen LogP contribution in [-0.2, 0) is 25.1 Å². The van der Waals surface area contributed by atoms with Crippen molar-refractivity contribution in [3.8, 4) is 0 Å². The van der Waals surface area contributed by atoms with Crippen LogP contribution < -0.4 is 5.73 Å². The number of imidazole rings is 1. The molecule has 2 atom stereocenters. The first-order valence-electron chi connectivity index (χ1n) is 15.0. The monoisotopic (exact) mass is 585 g/mol. The summed E-state index contributed by atoms with van der Waals surface area (Å²) in [4.78, 5) is 22.2. The summed E-state index contributed by atoms with van der Waals surface area (Å²) >= 11 is 0. The Bertz CT molecular complexity index is 976. The van der Waals surface area contributed by atoms with Crippen LogP contribution in [0.2, 0.25) is 0 Å². The number of nitrogen functional groups attached to an aromatic ring is 1. The number of fused-ring (bicyclic) bond motifs is 1. The van der Waals surface area contributed by atoms with E-state index in [-0.39, 0.29) is 32.2 Å².